The Morgan fingerprint density at radius 3 is 2.58 bits per heavy atom. The minimum atomic E-state index is -0.254. The summed E-state index contributed by atoms with van der Waals surface area (Å²) in [5.41, 5.74) is 0.695. The van der Waals surface area contributed by atoms with Crippen molar-refractivity contribution in [2.24, 2.45) is 7.05 Å². The molecule has 0 N–H and O–H groups in total. The number of hydrogen-bond acceptors (Lipinski definition) is 4. The third-order valence-electron chi connectivity index (χ3n) is 6.00. The Morgan fingerprint density at radius 1 is 1.08 bits per heavy atom. The molecule has 0 saturated heterocycles. The van der Waals surface area contributed by atoms with E-state index in [1.54, 1.807) is 11.6 Å². The standard InChI is InChI=1S/C19H29N5O2/c1-3-4-11-24-17(25)15-16(21(2)19(24)26)20-18-22(12-8-13-23(15)18)14-9-6-5-7-10-14/h14H,3-13H2,1-2H3. The Kier molecular flexibility index (Phi) is 4.63. The molecule has 1 saturated carbocycles. The van der Waals surface area contributed by atoms with Crippen molar-refractivity contribution in [3.05, 3.63) is 20.8 Å². The molecule has 2 aliphatic rings. The number of nitrogens with zero attached hydrogens (tertiary/aromatic N) is 5. The van der Waals surface area contributed by atoms with Crippen LogP contribution >= 0.6 is 0 Å². The lowest BCUT2D eigenvalue weighted by Gasteiger charge is -2.37. The average molecular weight is 359 g/mol. The predicted octanol–water partition coefficient (Wildman–Crippen LogP) is 2.24. The maximum Gasteiger partial charge on any atom is 0.332 e. The summed E-state index contributed by atoms with van der Waals surface area (Å²) >= 11 is 0. The van der Waals surface area contributed by atoms with Gasteiger partial charge in [-0.05, 0) is 25.7 Å². The summed E-state index contributed by atoms with van der Waals surface area (Å²) in [6.45, 7) is 4.34. The quantitative estimate of drug-likeness (QED) is 0.840. The van der Waals surface area contributed by atoms with E-state index in [9.17, 15) is 9.59 Å². The first-order valence-corrected chi connectivity index (χ1v) is 10.1. The largest absolute Gasteiger partial charge is 0.339 e. The first-order chi connectivity index (χ1) is 12.6. The number of fused-ring (bicyclic) bond motifs is 3. The minimum absolute atomic E-state index is 0.180. The fourth-order valence-electron chi connectivity index (χ4n) is 4.54. The van der Waals surface area contributed by atoms with Crippen molar-refractivity contribution in [1.82, 2.24) is 18.7 Å². The summed E-state index contributed by atoms with van der Waals surface area (Å²) in [5, 5.41) is 0. The number of aryl methyl sites for hydroxylation is 2. The molecule has 3 heterocycles. The van der Waals surface area contributed by atoms with Crippen LogP contribution in [0.5, 0.6) is 0 Å². The van der Waals surface area contributed by atoms with E-state index in [1.807, 2.05) is 0 Å². The molecular weight excluding hydrogens is 330 g/mol. The van der Waals surface area contributed by atoms with Gasteiger partial charge in [0.2, 0.25) is 5.95 Å². The highest BCUT2D eigenvalue weighted by atomic mass is 16.2. The molecule has 1 aliphatic carbocycles. The van der Waals surface area contributed by atoms with E-state index >= 15 is 0 Å². The Bertz CT molecular complexity index is 917. The molecule has 4 rings (SSSR count). The average Bonchev–Trinajstić information content (AvgIpc) is 3.07. The first kappa shape index (κ1) is 17.4. The van der Waals surface area contributed by atoms with Crippen molar-refractivity contribution < 1.29 is 0 Å². The zero-order chi connectivity index (χ0) is 18.3. The van der Waals surface area contributed by atoms with Gasteiger partial charge in [-0.15, -0.1) is 0 Å². The van der Waals surface area contributed by atoms with Crippen LogP contribution in [-0.4, -0.2) is 31.3 Å². The lowest BCUT2D eigenvalue weighted by atomic mass is 9.94. The molecule has 0 unspecified atom stereocenters. The number of rotatable bonds is 4. The van der Waals surface area contributed by atoms with Gasteiger partial charge in [0.25, 0.3) is 5.56 Å². The van der Waals surface area contributed by atoms with Gasteiger partial charge in [-0.1, -0.05) is 32.6 Å². The van der Waals surface area contributed by atoms with Crippen molar-refractivity contribution in [2.45, 2.75) is 77.4 Å². The zero-order valence-corrected chi connectivity index (χ0v) is 15.9. The molecule has 0 spiro atoms. The van der Waals surface area contributed by atoms with Gasteiger partial charge in [0.05, 0.1) is 0 Å². The van der Waals surface area contributed by atoms with Crippen molar-refractivity contribution in [1.29, 1.82) is 0 Å². The molecule has 0 aromatic carbocycles. The Hall–Kier alpha value is -2.05. The van der Waals surface area contributed by atoms with Gasteiger partial charge in [-0.25, -0.2) is 4.79 Å². The summed E-state index contributed by atoms with van der Waals surface area (Å²) in [7, 11) is 1.73. The van der Waals surface area contributed by atoms with Gasteiger partial charge in [0, 0.05) is 32.7 Å². The van der Waals surface area contributed by atoms with Gasteiger partial charge in [-0.2, -0.15) is 4.98 Å². The normalized spacial score (nSPS) is 18.5. The van der Waals surface area contributed by atoms with Crippen LogP contribution in [0.1, 0.15) is 58.3 Å². The highest BCUT2D eigenvalue weighted by molar-refractivity contribution is 5.75. The summed E-state index contributed by atoms with van der Waals surface area (Å²) in [6.07, 6.45) is 9.05. The van der Waals surface area contributed by atoms with Crippen molar-refractivity contribution in [3.8, 4) is 0 Å². The molecule has 7 heteroatoms. The summed E-state index contributed by atoms with van der Waals surface area (Å²) in [6, 6.07) is 0.513. The van der Waals surface area contributed by atoms with E-state index in [-0.39, 0.29) is 11.2 Å². The molecule has 0 atom stereocenters. The van der Waals surface area contributed by atoms with Crippen LogP contribution in [0, 0.1) is 0 Å². The van der Waals surface area contributed by atoms with E-state index in [0.29, 0.717) is 23.8 Å². The SMILES string of the molecule is CCCCn1c(=O)c2c(nc3n2CCCN3C2CCCCC2)n(C)c1=O. The highest BCUT2D eigenvalue weighted by Crippen LogP contribution is 2.31. The molecule has 0 bridgehead atoms. The number of anilines is 1. The second-order valence-corrected chi connectivity index (χ2v) is 7.73. The maximum atomic E-state index is 13.1. The molecule has 2 aromatic rings. The molecule has 0 radical (unpaired) electrons. The molecule has 26 heavy (non-hydrogen) atoms. The van der Waals surface area contributed by atoms with Crippen molar-refractivity contribution in [2.75, 3.05) is 11.4 Å². The number of hydrogen-bond donors (Lipinski definition) is 0. The van der Waals surface area contributed by atoms with Crippen LogP contribution in [0.4, 0.5) is 5.95 Å². The summed E-state index contributed by atoms with van der Waals surface area (Å²) < 4.78 is 5.01. The van der Waals surface area contributed by atoms with E-state index < -0.39 is 0 Å². The molecule has 2 aromatic heterocycles. The first-order valence-electron chi connectivity index (χ1n) is 10.1. The lowest BCUT2D eigenvalue weighted by molar-refractivity contribution is 0.391. The minimum Gasteiger partial charge on any atom is -0.339 e. The summed E-state index contributed by atoms with van der Waals surface area (Å²) in [4.78, 5) is 32.9. The van der Waals surface area contributed by atoms with E-state index in [2.05, 4.69) is 16.4 Å². The highest BCUT2D eigenvalue weighted by Gasteiger charge is 2.30. The molecule has 142 valence electrons. The van der Waals surface area contributed by atoms with Gasteiger partial charge in [0.1, 0.15) is 0 Å². The van der Waals surface area contributed by atoms with Crippen molar-refractivity contribution >= 4 is 17.1 Å². The Morgan fingerprint density at radius 2 is 1.85 bits per heavy atom. The molecule has 7 nitrogen and oxygen atoms in total. The Balaban J connectivity index is 1.87. The zero-order valence-electron chi connectivity index (χ0n) is 15.9. The van der Waals surface area contributed by atoms with Gasteiger partial charge < -0.3 is 9.47 Å². The molecule has 0 amide bonds. The fraction of sp³-hybridized carbons (Fsp3) is 0.737. The predicted molar refractivity (Wildman–Crippen MR) is 103 cm³/mol. The third-order valence-corrected chi connectivity index (χ3v) is 6.00. The number of imidazole rings is 1. The van der Waals surface area contributed by atoms with Crippen LogP contribution in [0.25, 0.3) is 11.2 Å². The summed E-state index contributed by atoms with van der Waals surface area (Å²) in [5.74, 6) is 0.887. The van der Waals surface area contributed by atoms with E-state index in [4.69, 9.17) is 4.98 Å². The number of unbranched alkanes of at least 4 members (excludes halogenated alkanes) is 1. The topological polar surface area (TPSA) is 65.1 Å². The van der Waals surface area contributed by atoms with E-state index in [0.717, 1.165) is 38.3 Å². The van der Waals surface area contributed by atoms with E-state index in [1.165, 1.54) is 36.7 Å². The van der Waals surface area contributed by atoms with Gasteiger partial charge in [-0.3, -0.25) is 13.9 Å². The molecule has 1 fully saturated rings. The van der Waals surface area contributed by atoms with Gasteiger partial charge in [0.15, 0.2) is 11.2 Å². The second kappa shape index (κ2) is 6.93. The fourth-order valence-corrected chi connectivity index (χ4v) is 4.54. The molecule has 1 aliphatic heterocycles. The lowest BCUT2D eigenvalue weighted by Crippen LogP contribution is -2.42. The van der Waals surface area contributed by atoms with Crippen LogP contribution in [0.15, 0.2) is 9.59 Å². The van der Waals surface area contributed by atoms with Crippen LogP contribution < -0.4 is 16.1 Å². The maximum absolute atomic E-state index is 13.1. The second-order valence-electron chi connectivity index (χ2n) is 7.73. The smallest absolute Gasteiger partial charge is 0.332 e. The van der Waals surface area contributed by atoms with Crippen molar-refractivity contribution in [3.63, 3.8) is 0 Å². The van der Waals surface area contributed by atoms with Crippen LogP contribution in [-0.2, 0) is 20.1 Å². The van der Waals surface area contributed by atoms with Crippen LogP contribution in [0.2, 0.25) is 0 Å². The molecular formula is C19H29N5O2. The van der Waals surface area contributed by atoms with Gasteiger partial charge >= 0.3 is 5.69 Å². The van der Waals surface area contributed by atoms with Crippen LogP contribution in [0.3, 0.4) is 0 Å². The number of aromatic nitrogens is 4. The monoisotopic (exact) mass is 359 g/mol. The Labute approximate surface area is 153 Å². The third kappa shape index (κ3) is 2.68.